The lowest BCUT2D eigenvalue weighted by atomic mass is 9.84. The van der Waals surface area contributed by atoms with Crippen LogP contribution in [-0.2, 0) is 7.05 Å². The van der Waals surface area contributed by atoms with Gasteiger partial charge in [0.25, 0.3) is 5.56 Å². The summed E-state index contributed by atoms with van der Waals surface area (Å²) in [4.78, 5) is 66.9. The van der Waals surface area contributed by atoms with E-state index in [0.29, 0.717) is 33.1 Å². The Labute approximate surface area is 255 Å². The summed E-state index contributed by atoms with van der Waals surface area (Å²) in [5.41, 5.74) is 0.443. The number of pyridine rings is 1. The minimum absolute atomic E-state index is 0.0970. The van der Waals surface area contributed by atoms with Gasteiger partial charge in [-0.15, -0.1) is 0 Å². The highest BCUT2D eigenvalue weighted by atomic mass is 16.4. The molecule has 1 aliphatic rings. The molecule has 45 heavy (non-hydrogen) atoms. The number of nitrogens with one attached hydrogen (secondary N) is 1. The Kier molecular flexibility index (Phi) is 6.51. The molecule has 0 bridgehead atoms. The molecule has 2 N–H and O–H groups in total. The number of para-hydroxylation sites is 2. The van der Waals surface area contributed by atoms with Crippen LogP contribution in [0.1, 0.15) is 60.2 Å². The second-order valence-electron chi connectivity index (χ2n) is 10.9. The molecule has 2 aromatic heterocycles. The molecule has 9 nitrogen and oxygen atoms in total. The molecule has 2 heterocycles. The highest BCUT2D eigenvalue weighted by Crippen LogP contribution is 2.35. The van der Waals surface area contributed by atoms with Gasteiger partial charge in [-0.2, -0.15) is 0 Å². The number of ketones is 3. The van der Waals surface area contributed by atoms with Crippen molar-refractivity contribution in [1.82, 2.24) is 4.57 Å². The van der Waals surface area contributed by atoms with Gasteiger partial charge in [0, 0.05) is 52.2 Å². The van der Waals surface area contributed by atoms with Crippen molar-refractivity contribution in [3.63, 3.8) is 0 Å². The third kappa shape index (κ3) is 4.53. The van der Waals surface area contributed by atoms with Crippen LogP contribution < -0.4 is 16.5 Å². The van der Waals surface area contributed by atoms with Crippen LogP contribution in [0.15, 0.2) is 111 Å². The summed E-state index contributed by atoms with van der Waals surface area (Å²) in [5, 5.41) is 15.5. The van der Waals surface area contributed by atoms with Crippen LogP contribution in [0.3, 0.4) is 0 Å². The molecule has 4 aromatic carbocycles. The van der Waals surface area contributed by atoms with Crippen LogP contribution in [0.4, 0.5) is 5.69 Å². The molecule has 1 atom stereocenters. The normalized spacial score (nSPS) is 13.0. The third-order valence-electron chi connectivity index (χ3n) is 8.26. The molecule has 220 valence electrons. The van der Waals surface area contributed by atoms with Crippen LogP contribution in [0.5, 0.6) is 5.75 Å². The van der Waals surface area contributed by atoms with E-state index in [1.807, 2.05) is 0 Å². The lowest BCUT2D eigenvalue weighted by Crippen LogP contribution is -2.29. The molecule has 0 fully saturated rings. The largest absolute Gasteiger partial charge is 0.507 e. The fourth-order valence-electron chi connectivity index (χ4n) is 5.98. The zero-order valence-electron chi connectivity index (χ0n) is 23.9. The predicted octanol–water partition coefficient (Wildman–Crippen LogP) is 5.55. The minimum atomic E-state index is -1.15. The maximum atomic E-state index is 13.7. The number of Topliss-reactive ketones (excluding diaryl/α,β-unsaturated/α-hetero) is 1. The maximum absolute atomic E-state index is 13.7. The number of aromatic hydroxyl groups is 1. The van der Waals surface area contributed by atoms with Crippen molar-refractivity contribution in [2.45, 2.75) is 12.5 Å². The molecule has 0 saturated heterocycles. The van der Waals surface area contributed by atoms with Gasteiger partial charge in [0.05, 0.1) is 17.1 Å². The quantitative estimate of drug-likeness (QED) is 0.188. The molecule has 6 aromatic rings. The van der Waals surface area contributed by atoms with Gasteiger partial charge >= 0.3 is 5.63 Å². The number of aryl methyl sites for hydroxylation is 1. The van der Waals surface area contributed by atoms with E-state index in [1.165, 1.54) is 22.8 Å². The highest BCUT2D eigenvalue weighted by Gasteiger charge is 2.31. The molecular weight excluding hydrogens is 572 g/mol. The first-order chi connectivity index (χ1) is 21.7. The fourth-order valence-corrected chi connectivity index (χ4v) is 5.98. The third-order valence-corrected chi connectivity index (χ3v) is 8.26. The van der Waals surface area contributed by atoms with E-state index in [2.05, 4.69) is 5.32 Å². The molecular formula is C36H24N2O7. The monoisotopic (exact) mass is 596 g/mol. The molecule has 1 unspecified atom stereocenters. The van der Waals surface area contributed by atoms with E-state index in [-0.39, 0.29) is 45.1 Å². The number of aromatic nitrogens is 1. The van der Waals surface area contributed by atoms with Gasteiger partial charge in [0.15, 0.2) is 17.3 Å². The molecule has 0 saturated carbocycles. The summed E-state index contributed by atoms with van der Waals surface area (Å²) in [6.07, 6.45) is -0.420. The first kappa shape index (κ1) is 27.7. The first-order valence-electron chi connectivity index (χ1n) is 14.2. The van der Waals surface area contributed by atoms with E-state index in [9.17, 15) is 29.1 Å². The lowest BCUT2D eigenvalue weighted by Gasteiger charge is -2.23. The Morgan fingerprint density at radius 3 is 2.22 bits per heavy atom. The van der Waals surface area contributed by atoms with Gasteiger partial charge < -0.3 is 19.4 Å². The minimum Gasteiger partial charge on any atom is -0.507 e. The highest BCUT2D eigenvalue weighted by molar-refractivity contribution is 6.28. The van der Waals surface area contributed by atoms with Gasteiger partial charge in [-0.05, 0) is 42.5 Å². The SMILES string of the molecule is Cn1c(=O)c(C(CC(=O)c2cc3ccccc3oc2=O)Nc2ccc3c(c2)C(=O)c2ccccc2C3=O)c(O)c2ccccc21. The number of benzene rings is 4. The summed E-state index contributed by atoms with van der Waals surface area (Å²) >= 11 is 0. The van der Waals surface area contributed by atoms with E-state index in [0.717, 1.165) is 0 Å². The topological polar surface area (TPSA) is 136 Å². The smallest absolute Gasteiger partial charge is 0.347 e. The Hall–Kier alpha value is -6.09. The number of carbonyl (C=O) groups excluding carboxylic acids is 3. The van der Waals surface area contributed by atoms with Crippen LogP contribution in [-0.4, -0.2) is 27.0 Å². The van der Waals surface area contributed by atoms with Gasteiger partial charge in [-0.25, -0.2) is 4.79 Å². The summed E-state index contributed by atoms with van der Waals surface area (Å²) < 4.78 is 6.75. The Morgan fingerprint density at radius 1 is 0.800 bits per heavy atom. The van der Waals surface area contributed by atoms with Gasteiger partial charge in [-0.3, -0.25) is 19.2 Å². The first-order valence-corrected chi connectivity index (χ1v) is 14.2. The molecule has 9 heteroatoms. The number of hydrogen-bond donors (Lipinski definition) is 2. The lowest BCUT2D eigenvalue weighted by molar-refractivity contribution is 0.0971. The van der Waals surface area contributed by atoms with Crippen molar-refractivity contribution in [1.29, 1.82) is 0 Å². The summed E-state index contributed by atoms with van der Waals surface area (Å²) in [6.45, 7) is 0. The second kappa shape index (κ2) is 10.6. The van der Waals surface area contributed by atoms with Crippen LogP contribution in [0, 0.1) is 0 Å². The number of anilines is 1. The number of carbonyl (C=O) groups is 3. The Bertz CT molecular complexity index is 2370. The van der Waals surface area contributed by atoms with Crippen molar-refractivity contribution in [3.05, 3.63) is 151 Å². The van der Waals surface area contributed by atoms with Crippen molar-refractivity contribution in [3.8, 4) is 5.75 Å². The summed E-state index contributed by atoms with van der Waals surface area (Å²) in [7, 11) is 1.56. The standard InChI is InChI=1S/C36H24N2O7/c1-38-28-12-6-5-11-24(28)34(42)31(35(38)43)27(18-29(39)26-16-19-8-2-7-13-30(19)45-36(26)44)37-20-14-15-23-25(17-20)33(41)22-10-4-3-9-21(22)32(23)40/h2-17,27,37,42H,18H2,1H3. The number of nitrogens with zero attached hydrogens (tertiary/aromatic N) is 1. The number of fused-ring (bicyclic) bond motifs is 4. The van der Waals surface area contributed by atoms with Gasteiger partial charge in [-0.1, -0.05) is 54.6 Å². The fraction of sp³-hybridized carbons (Fsp3) is 0.0833. The van der Waals surface area contributed by atoms with Crippen molar-refractivity contribution in [2.24, 2.45) is 7.05 Å². The second-order valence-corrected chi connectivity index (χ2v) is 10.9. The maximum Gasteiger partial charge on any atom is 0.347 e. The summed E-state index contributed by atoms with van der Waals surface area (Å²) in [6, 6.07) is 25.0. The molecule has 7 rings (SSSR count). The predicted molar refractivity (Wildman–Crippen MR) is 168 cm³/mol. The van der Waals surface area contributed by atoms with Crippen molar-refractivity contribution >= 4 is 44.9 Å². The van der Waals surface area contributed by atoms with Gasteiger partial charge in [0.2, 0.25) is 0 Å². The zero-order chi connectivity index (χ0) is 31.4. The van der Waals surface area contributed by atoms with Crippen molar-refractivity contribution < 1.29 is 23.9 Å². The number of hydrogen-bond acceptors (Lipinski definition) is 8. The van der Waals surface area contributed by atoms with E-state index in [1.54, 1.807) is 85.9 Å². The molecule has 0 aliphatic heterocycles. The average Bonchev–Trinajstić information content (AvgIpc) is 3.05. The van der Waals surface area contributed by atoms with Gasteiger partial charge in [0.1, 0.15) is 16.9 Å². The average molecular weight is 597 g/mol. The van der Waals surface area contributed by atoms with E-state index >= 15 is 0 Å². The van der Waals surface area contributed by atoms with E-state index < -0.39 is 29.4 Å². The Balaban J connectivity index is 1.34. The number of rotatable bonds is 6. The molecule has 0 spiro atoms. The molecule has 0 amide bonds. The Morgan fingerprint density at radius 2 is 1.44 bits per heavy atom. The summed E-state index contributed by atoms with van der Waals surface area (Å²) in [5.74, 6) is -1.57. The van der Waals surface area contributed by atoms with E-state index in [4.69, 9.17) is 4.42 Å². The molecule has 1 aliphatic carbocycles. The zero-order valence-corrected chi connectivity index (χ0v) is 23.9. The van der Waals surface area contributed by atoms with Crippen LogP contribution in [0.25, 0.3) is 21.9 Å². The molecule has 0 radical (unpaired) electrons. The van der Waals surface area contributed by atoms with Crippen LogP contribution in [0.2, 0.25) is 0 Å². The van der Waals surface area contributed by atoms with Crippen molar-refractivity contribution in [2.75, 3.05) is 5.32 Å². The van der Waals surface area contributed by atoms with Crippen LogP contribution >= 0.6 is 0 Å².